The highest BCUT2D eigenvalue weighted by Crippen LogP contribution is 2.41. The lowest BCUT2D eigenvalue weighted by atomic mass is 9.85. The second kappa shape index (κ2) is 5.68. The zero-order chi connectivity index (χ0) is 14.7. The van der Waals surface area contributed by atoms with Gasteiger partial charge in [-0.15, -0.1) is 0 Å². The molecule has 0 amide bonds. The topological polar surface area (TPSA) is 67.9 Å². The molecule has 1 aromatic heterocycles. The molecule has 0 aliphatic heterocycles. The molecule has 1 heterocycles. The Labute approximate surface area is 123 Å². The molecule has 1 saturated carbocycles. The average Bonchev–Trinajstić information content (AvgIpc) is 3.18. The molecule has 1 aromatic carbocycles. The van der Waals surface area contributed by atoms with E-state index in [1.54, 1.807) is 0 Å². The standard InChI is InChI=1S/C16H19N3O2/c1-2-21-15(20)16(10-6-7-11-16)14-17-13(18-19-14)12-8-4-3-5-9-12/h3-5,8-9H,2,6-7,10-11H2,1H3,(H,17,18,19). The van der Waals surface area contributed by atoms with Crippen molar-refractivity contribution in [3.05, 3.63) is 36.2 Å². The number of nitrogens with zero attached hydrogens (tertiary/aromatic N) is 2. The summed E-state index contributed by atoms with van der Waals surface area (Å²) in [5.74, 6) is 1.08. The fourth-order valence-corrected chi connectivity index (χ4v) is 2.98. The third-order valence-corrected chi connectivity index (χ3v) is 4.09. The molecule has 5 heteroatoms. The van der Waals surface area contributed by atoms with Crippen molar-refractivity contribution in [1.82, 2.24) is 15.2 Å². The SMILES string of the molecule is CCOC(=O)C1(c2nc(-c3ccccc3)n[nH]2)CCCC1. The second-order valence-corrected chi connectivity index (χ2v) is 5.38. The Morgan fingerprint density at radius 2 is 2.00 bits per heavy atom. The summed E-state index contributed by atoms with van der Waals surface area (Å²) in [5, 5.41) is 7.24. The number of aromatic amines is 1. The number of rotatable bonds is 4. The Morgan fingerprint density at radius 3 is 2.67 bits per heavy atom. The molecule has 0 bridgehead atoms. The van der Waals surface area contributed by atoms with Crippen molar-refractivity contribution in [1.29, 1.82) is 0 Å². The van der Waals surface area contributed by atoms with Crippen molar-refractivity contribution in [2.45, 2.75) is 38.0 Å². The smallest absolute Gasteiger partial charge is 0.319 e. The molecule has 1 aliphatic rings. The predicted molar refractivity (Wildman–Crippen MR) is 78.6 cm³/mol. The van der Waals surface area contributed by atoms with Gasteiger partial charge in [-0.3, -0.25) is 9.89 Å². The minimum absolute atomic E-state index is 0.182. The highest BCUT2D eigenvalue weighted by Gasteiger charge is 2.47. The lowest BCUT2D eigenvalue weighted by Crippen LogP contribution is -2.36. The minimum atomic E-state index is -0.643. The Bertz CT molecular complexity index is 615. The van der Waals surface area contributed by atoms with Crippen molar-refractivity contribution < 1.29 is 9.53 Å². The summed E-state index contributed by atoms with van der Waals surface area (Å²) in [6, 6.07) is 9.76. The van der Waals surface area contributed by atoms with Crippen molar-refractivity contribution in [2.75, 3.05) is 6.61 Å². The fraction of sp³-hybridized carbons (Fsp3) is 0.438. The van der Waals surface area contributed by atoms with Crippen LogP contribution in [0.4, 0.5) is 0 Å². The van der Waals surface area contributed by atoms with Crippen LogP contribution in [0.5, 0.6) is 0 Å². The maximum atomic E-state index is 12.4. The van der Waals surface area contributed by atoms with Gasteiger partial charge < -0.3 is 4.74 Å². The van der Waals surface area contributed by atoms with E-state index < -0.39 is 5.41 Å². The summed E-state index contributed by atoms with van der Waals surface area (Å²) in [4.78, 5) is 17.0. The lowest BCUT2D eigenvalue weighted by Gasteiger charge is -2.23. The molecule has 0 atom stereocenters. The molecule has 110 valence electrons. The van der Waals surface area contributed by atoms with E-state index in [1.807, 2.05) is 37.3 Å². The molecule has 1 aliphatic carbocycles. The second-order valence-electron chi connectivity index (χ2n) is 5.38. The normalized spacial score (nSPS) is 16.8. The van der Waals surface area contributed by atoms with E-state index >= 15 is 0 Å². The van der Waals surface area contributed by atoms with Gasteiger partial charge >= 0.3 is 5.97 Å². The maximum absolute atomic E-state index is 12.4. The van der Waals surface area contributed by atoms with Gasteiger partial charge in [-0.1, -0.05) is 43.2 Å². The first-order valence-corrected chi connectivity index (χ1v) is 7.42. The minimum Gasteiger partial charge on any atom is -0.465 e. The first-order chi connectivity index (χ1) is 10.3. The maximum Gasteiger partial charge on any atom is 0.319 e. The van der Waals surface area contributed by atoms with Crippen LogP contribution in [0, 0.1) is 0 Å². The first kappa shape index (κ1) is 13.8. The van der Waals surface area contributed by atoms with E-state index in [9.17, 15) is 4.79 Å². The number of benzene rings is 1. The number of ether oxygens (including phenoxy) is 1. The highest BCUT2D eigenvalue weighted by atomic mass is 16.5. The number of aromatic nitrogens is 3. The number of H-pyrrole nitrogens is 1. The van der Waals surface area contributed by atoms with Crippen LogP contribution >= 0.6 is 0 Å². The molecule has 21 heavy (non-hydrogen) atoms. The van der Waals surface area contributed by atoms with E-state index in [0.717, 1.165) is 31.2 Å². The molecule has 0 unspecified atom stereocenters. The van der Waals surface area contributed by atoms with Gasteiger partial charge in [0.05, 0.1) is 6.61 Å². The van der Waals surface area contributed by atoms with E-state index in [1.165, 1.54) is 0 Å². The van der Waals surface area contributed by atoms with Crippen molar-refractivity contribution >= 4 is 5.97 Å². The first-order valence-electron chi connectivity index (χ1n) is 7.42. The van der Waals surface area contributed by atoms with Crippen LogP contribution in [0.1, 0.15) is 38.4 Å². The Morgan fingerprint density at radius 1 is 1.29 bits per heavy atom. The summed E-state index contributed by atoms with van der Waals surface area (Å²) in [6.45, 7) is 2.22. The molecule has 2 aromatic rings. The number of nitrogens with one attached hydrogen (secondary N) is 1. The van der Waals surface area contributed by atoms with Crippen molar-refractivity contribution in [3.8, 4) is 11.4 Å². The van der Waals surface area contributed by atoms with Crippen LogP contribution in [-0.2, 0) is 14.9 Å². The van der Waals surface area contributed by atoms with Crippen LogP contribution in [-0.4, -0.2) is 27.8 Å². The summed E-state index contributed by atoms with van der Waals surface area (Å²) in [7, 11) is 0. The molecular formula is C16H19N3O2. The highest BCUT2D eigenvalue weighted by molar-refractivity contribution is 5.82. The molecule has 3 rings (SSSR count). The van der Waals surface area contributed by atoms with Gasteiger partial charge in [0.25, 0.3) is 0 Å². The van der Waals surface area contributed by atoms with Crippen LogP contribution in [0.25, 0.3) is 11.4 Å². The van der Waals surface area contributed by atoms with Crippen LogP contribution in [0.15, 0.2) is 30.3 Å². The van der Waals surface area contributed by atoms with E-state index in [-0.39, 0.29) is 5.97 Å². The monoisotopic (exact) mass is 285 g/mol. The van der Waals surface area contributed by atoms with Crippen molar-refractivity contribution in [3.63, 3.8) is 0 Å². The Balaban J connectivity index is 1.95. The number of carbonyl (C=O) groups is 1. The third kappa shape index (κ3) is 2.44. The van der Waals surface area contributed by atoms with Gasteiger partial charge in [0.2, 0.25) is 0 Å². The molecule has 0 spiro atoms. The Hall–Kier alpha value is -2.17. The van der Waals surface area contributed by atoms with Gasteiger partial charge in [-0.2, -0.15) is 5.10 Å². The lowest BCUT2D eigenvalue weighted by molar-refractivity contribution is -0.150. The zero-order valence-corrected chi connectivity index (χ0v) is 12.1. The molecular weight excluding hydrogens is 266 g/mol. The van der Waals surface area contributed by atoms with E-state index in [4.69, 9.17) is 4.74 Å². The third-order valence-electron chi connectivity index (χ3n) is 4.09. The predicted octanol–water partition coefficient (Wildman–Crippen LogP) is 2.85. The van der Waals surface area contributed by atoms with E-state index in [2.05, 4.69) is 15.2 Å². The van der Waals surface area contributed by atoms with Crippen molar-refractivity contribution in [2.24, 2.45) is 0 Å². The molecule has 0 saturated heterocycles. The number of hydrogen-bond acceptors (Lipinski definition) is 4. The van der Waals surface area contributed by atoms with Crippen LogP contribution in [0.3, 0.4) is 0 Å². The van der Waals surface area contributed by atoms with Gasteiger partial charge in [0.1, 0.15) is 11.2 Å². The van der Waals surface area contributed by atoms with Crippen LogP contribution < -0.4 is 0 Å². The molecule has 0 radical (unpaired) electrons. The molecule has 1 fully saturated rings. The average molecular weight is 285 g/mol. The number of esters is 1. The number of carbonyl (C=O) groups excluding carboxylic acids is 1. The molecule has 1 N–H and O–H groups in total. The summed E-state index contributed by atoms with van der Waals surface area (Å²) in [5.41, 5.74) is 0.299. The summed E-state index contributed by atoms with van der Waals surface area (Å²) >= 11 is 0. The molecule has 5 nitrogen and oxygen atoms in total. The fourth-order valence-electron chi connectivity index (χ4n) is 2.98. The quantitative estimate of drug-likeness (QED) is 0.877. The zero-order valence-electron chi connectivity index (χ0n) is 12.1. The van der Waals surface area contributed by atoms with E-state index in [0.29, 0.717) is 18.3 Å². The summed E-state index contributed by atoms with van der Waals surface area (Å²) < 4.78 is 5.27. The Kier molecular flexibility index (Phi) is 3.73. The largest absolute Gasteiger partial charge is 0.465 e. The van der Waals surface area contributed by atoms with Gasteiger partial charge in [0, 0.05) is 5.56 Å². The van der Waals surface area contributed by atoms with Gasteiger partial charge in [-0.05, 0) is 19.8 Å². The van der Waals surface area contributed by atoms with Crippen LogP contribution in [0.2, 0.25) is 0 Å². The summed E-state index contributed by atoms with van der Waals surface area (Å²) in [6.07, 6.45) is 3.57. The van der Waals surface area contributed by atoms with Gasteiger partial charge in [-0.25, -0.2) is 4.98 Å². The number of hydrogen-bond donors (Lipinski definition) is 1. The van der Waals surface area contributed by atoms with Gasteiger partial charge in [0.15, 0.2) is 5.82 Å².